The maximum atomic E-state index is 15.6. The normalized spacial score (nSPS) is 14.0. The van der Waals surface area contributed by atoms with E-state index in [9.17, 15) is 9.90 Å². The van der Waals surface area contributed by atoms with Gasteiger partial charge in [0.15, 0.2) is 17.7 Å². The van der Waals surface area contributed by atoms with Crippen molar-refractivity contribution in [2.75, 3.05) is 13.7 Å². The Balaban J connectivity index is 1.78. The summed E-state index contributed by atoms with van der Waals surface area (Å²) in [7, 11) is 1.66. The van der Waals surface area contributed by atoms with Crippen molar-refractivity contribution in [3.8, 4) is 22.6 Å². The molecule has 5 rings (SSSR count). The van der Waals surface area contributed by atoms with E-state index in [2.05, 4.69) is 10.6 Å². The van der Waals surface area contributed by atoms with Crippen LogP contribution in [0.4, 0.5) is 4.39 Å². The molecule has 41 heavy (non-hydrogen) atoms. The van der Waals surface area contributed by atoms with Gasteiger partial charge in [0.25, 0.3) is 0 Å². The molecule has 1 aliphatic heterocycles. The number of carbonyl (C=O) groups is 1. The van der Waals surface area contributed by atoms with E-state index in [1.165, 1.54) is 6.07 Å². The van der Waals surface area contributed by atoms with E-state index in [-0.39, 0.29) is 0 Å². The van der Waals surface area contributed by atoms with Crippen LogP contribution < -0.4 is 9.47 Å². The van der Waals surface area contributed by atoms with Crippen molar-refractivity contribution in [3.05, 3.63) is 81.8 Å². The summed E-state index contributed by atoms with van der Waals surface area (Å²) in [6.45, 7) is 12.5. The first kappa shape index (κ1) is 28.7. The Morgan fingerprint density at radius 2 is 1.88 bits per heavy atom. The van der Waals surface area contributed by atoms with Crippen LogP contribution in [0.3, 0.4) is 0 Å². The highest BCUT2D eigenvalue weighted by Crippen LogP contribution is 2.45. The second-order valence-electron chi connectivity index (χ2n) is 11.9. The van der Waals surface area contributed by atoms with Gasteiger partial charge >= 0.3 is 5.97 Å². The number of rotatable bonds is 7. The lowest BCUT2D eigenvalue weighted by molar-refractivity contribution is -0.160. The zero-order valence-electron chi connectivity index (χ0n) is 24.9. The van der Waals surface area contributed by atoms with E-state index in [0.29, 0.717) is 42.0 Å². The van der Waals surface area contributed by atoms with Crippen molar-refractivity contribution in [2.24, 2.45) is 0 Å². The fraction of sp³-hybridized carbons (Fsp3) is 0.382. The van der Waals surface area contributed by atoms with E-state index in [4.69, 9.17) is 14.2 Å². The summed E-state index contributed by atoms with van der Waals surface area (Å²) in [6.07, 6.45) is 2.27. The SMILES string of the molecule is COc1ccc(Cn2ccc3c(-c4cc(F)c5c(c4C)CCCO5)c([C@H](OC(C)(C)C)C(=O)O)c(C)cc32)cc1C. The van der Waals surface area contributed by atoms with E-state index in [1.807, 2.05) is 72.0 Å². The number of hydrogen-bond acceptors (Lipinski definition) is 4. The van der Waals surface area contributed by atoms with Crippen LogP contribution >= 0.6 is 0 Å². The number of aryl methyl sites for hydroxylation is 2. The second-order valence-corrected chi connectivity index (χ2v) is 11.9. The Bertz CT molecular complexity index is 1650. The average Bonchev–Trinajstić information content (AvgIpc) is 3.30. The molecule has 0 aliphatic carbocycles. The van der Waals surface area contributed by atoms with E-state index < -0.39 is 23.5 Å². The fourth-order valence-corrected chi connectivity index (χ4v) is 5.99. The number of ether oxygens (including phenoxy) is 3. The number of halogens is 1. The Labute approximate surface area is 240 Å². The minimum absolute atomic E-state index is 0.302. The van der Waals surface area contributed by atoms with Crippen LogP contribution in [0.1, 0.15) is 66.7 Å². The van der Waals surface area contributed by atoms with Crippen molar-refractivity contribution in [1.29, 1.82) is 0 Å². The summed E-state index contributed by atoms with van der Waals surface area (Å²) in [6, 6.07) is 11.6. The van der Waals surface area contributed by atoms with Crippen LogP contribution in [0.15, 0.2) is 42.6 Å². The molecule has 0 fully saturated rings. The Hall–Kier alpha value is -3.84. The summed E-state index contributed by atoms with van der Waals surface area (Å²) in [5.41, 5.74) is 6.76. The molecule has 0 saturated heterocycles. The maximum Gasteiger partial charge on any atom is 0.337 e. The molecule has 6 nitrogen and oxygen atoms in total. The zero-order chi connectivity index (χ0) is 29.6. The van der Waals surface area contributed by atoms with Gasteiger partial charge in [-0.1, -0.05) is 12.1 Å². The van der Waals surface area contributed by atoms with Gasteiger partial charge < -0.3 is 23.9 Å². The van der Waals surface area contributed by atoms with E-state index in [0.717, 1.165) is 50.9 Å². The third-order valence-corrected chi connectivity index (χ3v) is 7.80. The number of benzene rings is 3. The molecule has 1 aromatic heterocycles. The van der Waals surface area contributed by atoms with Gasteiger partial charge in [-0.05, 0) is 112 Å². The zero-order valence-corrected chi connectivity index (χ0v) is 24.9. The van der Waals surface area contributed by atoms with Crippen molar-refractivity contribution >= 4 is 16.9 Å². The topological polar surface area (TPSA) is 69.9 Å². The predicted octanol–water partition coefficient (Wildman–Crippen LogP) is 7.70. The number of fused-ring (bicyclic) bond motifs is 2. The molecular weight excluding hydrogens is 521 g/mol. The minimum atomic E-state index is -1.24. The lowest BCUT2D eigenvalue weighted by atomic mass is 9.85. The largest absolute Gasteiger partial charge is 0.496 e. The Kier molecular flexibility index (Phi) is 7.60. The van der Waals surface area contributed by atoms with Crippen LogP contribution in [0, 0.1) is 26.6 Å². The molecule has 4 aromatic rings. The molecule has 0 bridgehead atoms. The smallest absolute Gasteiger partial charge is 0.337 e. The fourth-order valence-electron chi connectivity index (χ4n) is 5.99. The molecule has 1 N–H and O–H groups in total. The van der Waals surface area contributed by atoms with Crippen molar-refractivity contribution in [3.63, 3.8) is 0 Å². The quantitative estimate of drug-likeness (QED) is 0.251. The van der Waals surface area contributed by atoms with Gasteiger partial charge in [-0.25, -0.2) is 9.18 Å². The summed E-state index contributed by atoms with van der Waals surface area (Å²) < 4.78 is 35.0. The predicted molar refractivity (Wildman–Crippen MR) is 159 cm³/mol. The Morgan fingerprint density at radius 1 is 1.12 bits per heavy atom. The summed E-state index contributed by atoms with van der Waals surface area (Å²) in [5, 5.41) is 11.3. The highest BCUT2D eigenvalue weighted by Gasteiger charge is 2.33. The molecule has 1 atom stereocenters. The van der Waals surface area contributed by atoms with Gasteiger partial charge in [0.05, 0.1) is 19.3 Å². The van der Waals surface area contributed by atoms with Gasteiger partial charge in [0, 0.05) is 34.8 Å². The van der Waals surface area contributed by atoms with Crippen LogP contribution in [0.2, 0.25) is 0 Å². The monoisotopic (exact) mass is 559 g/mol. The molecule has 0 spiro atoms. The van der Waals surface area contributed by atoms with Crippen LogP contribution in [0.5, 0.6) is 11.5 Å². The molecule has 3 aromatic carbocycles. The van der Waals surface area contributed by atoms with Gasteiger partial charge in [0.2, 0.25) is 0 Å². The third-order valence-electron chi connectivity index (χ3n) is 7.80. The molecule has 7 heteroatoms. The second kappa shape index (κ2) is 10.9. The van der Waals surface area contributed by atoms with Crippen molar-refractivity contribution in [1.82, 2.24) is 4.57 Å². The number of aliphatic carboxylic acids is 1. The molecule has 1 aliphatic rings. The van der Waals surface area contributed by atoms with Gasteiger partial charge in [-0.2, -0.15) is 0 Å². The van der Waals surface area contributed by atoms with Crippen LogP contribution in [-0.2, 0) is 22.5 Å². The molecule has 0 unspecified atom stereocenters. The molecular formula is C34H38FNO5. The average molecular weight is 560 g/mol. The lowest BCUT2D eigenvalue weighted by Gasteiger charge is -2.29. The van der Waals surface area contributed by atoms with E-state index >= 15 is 4.39 Å². The Morgan fingerprint density at radius 3 is 2.54 bits per heavy atom. The highest BCUT2D eigenvalue weighted by atomic mass is 19.1. The van der Waals surface area contributed by atoms with Gasteiger partial charge in [-0.15, -0.1) is 0 Å². The van der Waals surface area contributed by atoms with Gasteiger partial charge in [0.1, 0.15) is 5.75 Å². The summed E-state index contributed by atoms with van der Waals surface area (Å²) in [4.78, 5) is 12.7. The summed E-state index contributed by atoms with van der Waals surface area (Å²) >= 11 is 0. The first-order valence-electron chi connectivity index (χ1n) is 14.0. The standard InChI is InChI=1S/C34H38FNO5/c1-19-15-22(10-11-28(19)39-7)18-36-13-12-24-27(36)16-20(2)29(32(33(37)38)41-34(4,5)6)30(24)25-17-26(35)31-23(21(25)3)9-8-14-40-31/h10-13,15-17,32H,8-9,14,18H2,1-7H3,(H,37,38)/t32-/m0/s1. The molecule has 2 heterocycles. The number of carboxylic acid groups (broad SMARTS) is 1. The minimum Gasteiger partial charge on any atom is -0.496 e. The number of methoxy groups -OCH3 is 1. The van der Waals surface area contributed by atoms with E-state index in [1.54, 1.807) is 7.11 Å². The number of aromatic nitrogens is 1. The first-order chi connectivity index (χ1) is 19.4. The number of carboxylic acids is 1. The van der Waals surface area contributed by atoms with Crippen LogP contribution in [-0.4, -0.2) is 35.0 Å². The molecule has 216 valence electrons. The maximum absolute atomic E-state index is 15.6. The molecule has 0 saturated carbocycles. The van der Waals surface area contributed by atoms with Gasteiger partial charge in [-0.3, -0.25) is 0 Å². The number of nitrogens with zero attached hydrogens (tertiary/aromatic N) is 1. The number of hydrogen-bond donors (Lipinski definition) is 1. The van der Waals surface area contributed by atoms with Crippen molar-refractivity contribution < 1.29 is 28.5 Å². The summed E-state index contributed by atoms with van der Waals surface area (Å²) in [5.74, 6) is -0.383. The highest BCUT2D eigenvalue weighted by molar-refractivity contribution is 6.01. The molecule has 0 radical (unpaired) electrons. The lowest BCUT2D eigenvalue weighted by Crippen LogP contribution is -2.28. The van der Waals surface area contributed by atoms with Crippen LogP contribution in [0.25, 0.3) is 22.0 Å². The van der Waals surface area contributed by atoms with Crippen molar-refractivity contribution in [2.45, 2.75) is 72.6 Å². The molecule has 0 amide bonds. The third kappa shape index (κ3) is 5.43. The first-order valence-corrected chi connectivity index (χ1v) is 14.0.